The Kier molecular flexibility index (Phi) is 11.0. The molecule has 0 aromatic heterocycles. The van der Waals surface area contributed by atoms with E-state index in [0.29, 0.717) is 34.0 Å². The third-order valence-corrected chi connectivity index (χ3v) is 7.77. The van der Waals surface area contributed by atoms with Crippen LogP contribution in [0.15, 0.2) is 112 Å². The predicted octanol–water partition coefficient (Wildman–Crippen LogP) is 7.00. The second-order valence-corrected chi connectivity index (χ2v) is 11.6. The highest BCUT2D eigenvalue weighted by molar-refractivity contribution is 9.10. The van der Waals surface area contributed by atoms with Crippen LogP contribution in [-0.2, 0) is 9.59 Å². The van der Waals surface area contributed by atoms with Crippen LogP contribution in [0.3, 0.4) is 0 Å². The molecule has 0 bridgehead atoms. The highest BCUT2D eigenvalue weighted by Crippen LogP contribution is 2.28. The normalized spacial score (nSPS) is 11.7. The summed E-state index contributed by atoms with van der Waals surface area (Å²) in [6.07, 6.45) is 1.53. The molecule has 4 aromatic carbocycles. The Hall–Kier alpha value is -4.54. The Morgan fingerprint density at radius 3 is 2.26 bits per heavy atom. The molecule has 0 spiro atoms. The average molecular weight is 661 g/mol. The van der Waals surface area contributed by atoms with Crippen LogP contribution in [0.2, 0.25) is 0 Å². The molecule has 220 valence electrons. The summed E-state index contributed by atoms with van der Waals surface area (Å²) in [5.41, 5.74) is 2.13. The lowest BCUT2D eigenvalue weighted by atomic mass is 10.1. The third kappa shape index (κ3) is 8.97. The predicted molar refractivity (Wildman–Crippen MR) is 175 cm³/mol. The van der Waals surface area contributed by atoms with Crippen LogP contribution in [0.5, 0.6) is 11.5 Å². The van der Waals surface area contributed by atoms with Crippen molar-refractivity contribution in [2.45, 2.75) is 17.1 Å². The Morgan fingerprint density at radius 2 is 1.56 bits per heavy atom. The number of rotatable bonds is 11. The van der Waals surface area contributed by atoms with E-state index >= 15 is 0 Å². The Morgan fingerprint density at radius 1 is 0.814 bits per heavy atom. The van der Waals surface area contributed by atoms with Crippen molar-refractivity contribution in [3.8, 4) is 11.5 Å². The summed E-state index contributed by atoms with van der Waals surface area (Å²) in [6, 6.07) is 28.3. The van der Waals surface area contributed by atoms with Crippen LogP contribution in [-0.4, -0.2) is 37.2 Å². The van der Waals surface area contributed by atoms with Crippen molar-refractivity contribution in [2.24, 2.45) is 0 Å². The largest absolute Gasteiger partial charge is 0.497 e. The van der Waals surface area contributed by atoms with Gasteiger partial charge in [0.05, 0.1) is 19.5 Å². The molecule has 8 nitrogen and oxygen atoms in total. The Balaban J connectivity index is 1.53. The minimum atomic E-state index is -0.544. The molecule has 3 N–H and O–H groups in total. The van der Waals surface area contributed by atoms with Crippen molar-refractivity contribution in [1.29, 1.82) is 0 Å². The number of ether oxygens (including phenoxy) is 2. The molecule has 0 aliphatic carbocycles. The molecule has 0 saturated heterocycles. The molecule has 10 heteroatoms. The van der Waals surface area contributed by atoms with Gasteiger partial charge >= 0.3 is 0 Å². The molecular weight excluding hydrogens is 630 g/mol. The van der Waals surface area contributed by atoms with Crippen LogP contribution in [0.1, 0.15) is 22.8 Å². The van der Waals surface area contributed by atoms with Crippen molar-refractivity contribution in [3.63, 3.8) is 0 Å². The van der Waals surface area contributed by atoms with Gasteiger partial charge in [-0.1, -0.05) is 40.2 Å². The first-order chi connectivity index (χ1) is 20.7. The van der Waals surface area contributed by atoms with Gasteiger partial charge in [0.15, 0.2) is 0 Å². The van der Waals surface area contributed by atoms with Gasteiger partial charge in [0.2, 0.25) is 5.91 Å². The summed E-state index contributed by atoms with van der Waals surface area (Å²) < 4.78 is 11.7. The van der Waals surface area contributed by atoms with E-state index in [9.17, 15) is 14.4 Å². The summed E-state index contributed by atoms with van der Waals surface area (Å²) in [4.78, 5) is 40.1. The molecule has 4 rings (SSSR count). The molecule has 0 fully saturated rings. The molecule has 0 aliphatic heterocycles. The Labute approximate surface area is 263 Å². The molecule has 1 atom stereocenters. The van der Waals surface area contributed by atoms with E-state index in [4.69, 9.17) is 9.47 Å². The minimum absolute atomic E-state index is 0.000654. The van der Waals surface area contributed by atoms with Crippen LogP contribution < -0.4 is 25.4 Å². The lowest BCUT2D eigenvalue weighted by molar-refractivity contribution is -0.115. The van der Waals surface area contributed by atoms with E-state index in [1.807, 2.05) is 37.3 Å². The van der Waals surface area contributed by atoms with Crippen molar-refractivity contribution in [1.82, 2.24) is 5.32 Å². The number of methoxy groups -OCH3 is 2. The number of nitrogens with one attached hydrogen (secondary N) is 3. The fraction of sp³-hybridized carbons (Fsp3) is 0.121. The Bertz CT molecular complexity index is 1630. The highest BCUT2D eigenvalue weighted by Gasteiger charge is 2.18. The van der Waals surface area contributed by atoms with E-state index < -0.39 is 17.1 Å². The summed E-state index contributed by atoms with van der Waals surface area (Å²) in [5.74, 6) is -0.0861. The van der Waals surface area contributed by atoms with Gasteiger partial charge in [0.25, 0.3) is 11.8 Å². The lowest BCUT2D eigenvalue weighted by Gasteiger charge is -2.15. The second kappa shape index (κ2) is 15.1. The zero-order chi connectivity index (χ0) is 30.8. The van der Waals surface area contributed by atoms with Gasteiger partial charge in [-0.15, -0.1) is 11.8 Å². The number of hydrogen-bond donors (Lipinski definition) is 3. The second-order valence-electron chi connectivity index (χ2n) is 9.22. The molecule has 1 unspecified atom stereocenters. The first-order valence-corrected chi connectivity index (χ1v) is 14.9. The molecule has 0 aliphatic rings. The summed E-state index contributed by atoms with van der Waals surface area (Å²) in [7, 11) is 3.06. The number of carbonyl (C=O) groups excluding carboxylic acids is 3. The molecular formula is C33H30BrN3O5S. The summed E-state index contributed by atoms with van der Waals surface area (Å²) >= 11 is 4.74. The van der Waals surface area contributed by atoms with Gasteiger partial charge in [-0.25, -0.2) is 0 Å². The number of anilines is 2. The number of hydrogen-bond acceptors (Lipinski definition) is 6. The molecule has 43 heavy (non-hydrogen) atoms. The topological polar surface area (TPSA) is 106 Å². The zero-order valence-corrected chi connectivity index (χ0v) is 26.1. The standard InChI is InChI=1S/C33H30BrN3O5S/c1-21(31(38)35-25-14-12-24(34)13-15-25)43-28-11-7-10-26(20-28)36-33(40)29(37-32(39)22-8-5-4-6-9-22)19-23-18-27(41-2)16-17-30(23)42-3/h4-21H,1-3H3,(H,35,38)(H,36,40)(H,37,39)/b29-19+. The maximum Gasteiger partial charge on any atom is 0.272 e. The van der Waals surface area contributed by atoms with E-state index in [1.165, 1.54) is 32.1 Å². The van der Waals surface area contributed by atoms with Gasteiger partial charge < -0.3 is 25.4 Å². The monoisotopic (exact) mass is 659 g/mol. The van der Waals surface area contributed by atoms with Gasteiger partial charge in [-0.05, 0) is 85.8 Å². The number of amides is 3. The van der Waals surface area contributed by atoms with E-state index in [-0.39, 0.29) is 11.6 Å². The molecule has 0 radical (unpaired) electrons. The maximum absolute atomic E-state index is 13.6. The fourth-order valence-electron chi connectivity index (χ4n) is 3.93. The van der Waals surface area contributed by atoms with E-state index in [1.54, 1.807) is 66.7 Å². The number of thioether (sulfide) groups is 1. The lowest BCUT2D eigenvalue weighted by Crippen LogP contribution is -2.30. The number of benzene rings is 4. The average Bonchev–Trinajstić information content (AvgIpc) is 3.02. The SMILES string of the molecule is COc1ccc(OC)c(/C=C(/NC(=O)c2ccccc2)C(=O)Nc2cccc(SC(C)C(=O)Nc3ccc(Br)cc3)c2)c1. The zero-order valence-electron chi connectivity index (χ0n) is 23.7. The molecule has 3 amide bonds. The summed E-state index contributed by atoms with van der Waals surface area (Å²) in [5, 5.41) is 8.09. The molecule has 4 aromatic rings. The van der Waals surface area contributed by atoms with Crippen molar-refractivity contribution >= 4 is 62.9 Å². The summed E-state index contributed by atoms with van der Waals surface area (Å²) in [6.45, 7) is 1.81. The molecule has 0 heterocycles. The highest BCUT2D eigenvalue weighted by atomic mass is 79.9. The van der Waals surface area contributed by atoms with Gasteiger partial charge in [0.1, 0.15) is 17.2 Å². The third-order valence-electron chi connectivity index (χ3n) is 6.15. The van der Waals surface area contributed by atoms with Crippen molar-refractivity contribution in [2.75, 3.05) is 24.9 Å². The quantitative estimate of drug-likeness (QED) is 0.118. The number of carbonyl (C=O) groups is 3. The van der Waals surface area contributed by atoms with E-state index in [2.05, 4.69) is 31.9 Å². The van der Waals surface area contributed by atoms with Gasteiger partial charge in [-0.3, -0.25) is 14.4 Å². The first-order valence-electron chi connectivity index (χ1n) is 13.2. The van der Waals surface area contributed by atoms with Crippen LogP contribution in [0, 0.1) is 0 Å². The van der Waals surface area contributed by atoms with Crippen LogP contribution >= 0.6 is 27.7 Å². The maximum atomic E-state index is 13.6. The van der Waals surface area contributed by atoms with Crippen LogP contribution in [0.25, 0.3) is 6.08 Å². The van der Waals surface area contributed by atoms with Gasteiger partial charge in [-0.2, -0.15) is 0 Å². The first kappa shape index (κ1) is 31.4. The van der Waals surface area contributed by atoms with Crippen LogP contribution in [0.4, 0.5) is 11.4 Å². The van der Waals surface area contributed by atoms with Crippen molar-refractivity contribution in [3.05, 3.63) is 118 Å². The minimum Gasteiger partial charge on any atom is -0.497 e. The van der Waals surface area contributed by atoms with Gasteiger partial charge in [0, 0.05) is 31.9 Å². The number of halogens is 1. The smallest absolute Gasteiger partial charge is 0.272 e. The van der Waals surface area contributed by atoms with E-state index in [0.717, 1.165) is 9.37 Å². The van der Waals surface area contributed by atoms with Crippen molar-refractivity contribution < 1.29 is 23.9 Å². The fourth-order valence-corrected chi connectivity index (χ4v) is 5.12. The molecule has 0 saturated carbocycles.